The number of carboxylic acids is 1. The van der Waals surface area contributed by atoms with Gasteiger partial charge < -0.3 is 9.84 Å². The number of benzene rings is 2. The van der Waals surface area contributed by atoms with Crippen molar-refractivity contribution in [2.75, 3.05) is 19.7 Å². The number of unbranched alkanes of at least 4 members (excludes halogenated alkanes) is 1. The Morgan fingerprint density at radius 3 is 2.51 bits per heavy atom. The fourth-order valence-corrected chi connectivity index (χ4v) is 5.07. The zero-order valence-corrected chi connectivity index (χ0v) is 22.3. The molecule has 1 saturated heterocycles. The predicted molar refractivity (Wildman–Crippen MR) is 144 cm³/mol. The first-order valence-electron chi connectivity index (χ1n) is 13.6. The zero-order chi connectivity index (χ0) is 25.3. The maximum Gasteiger partial charge on any atom is 0.313 e. The summed E-state index contributed by atoms with van der Waals surface area (Å²) in [6, 6.07) is 14.8. The highest BCUT2D eigenvalue weighted by atomic mass is 16.5. The number of nitrogens with zero attached hydrogens (tertiary/aromatic N) is 1. The maximum absolute atomic E-state index is 11.6. The number of aryl methyl sites for hydroxylation is 2. The van der Waals surface area contributed by atoms with E-state index in [1.807, 2.05) is 12.1 Å². The van der Waals surface area contributed by atoms with Gasteiger partial charge in [-0.1, -0.05) is 50.6 Å². The van der Waals surface area contributed by atoms with Crippen molar-refractivity contribution < 1.29 is 14.6 Å². The summed E-state index contributed by atoms with van der Waals surface area (Å²) < 4.78 is 6.10. The van der Waals surface area contributed by atoms with Crippen LogP contribution < -0.4 is 4.74 Å². The molecule has 0 aromatic heterocycles. The number of rotatable bonds is 13. The SMILES string of the molecule is CCCCc1ccc(OCCCC2CCN(Cc3cccc(C(C)(C)C(=O)O)c3)CC2)cc1CC. The van der Waals surface area contributed by atoms with Crippen LogP contribution in [0.1, 0.15) is 88.5 Å². The normalized spacial score (nSPS) is 15.3. The second-order valence-electron chi connectivity index (χ2n) is 10.7. The van der Waals surface area contributed by atoms with Crippen molar-refractivity contribution in [3.05, 3.63) is 64.7 Å². The number of ether oxygens (including phenoxy) is 1. The summed E-state index contributed by atoms with van der Waals surface area (Å²) in [5, 5.41) is 9.53. The standard InChI is InChI=1S/C31H45NO3/c1-5-7-12-27-14-15-29(22-26(27)6-2)35-20-9-11-24-16-18-32(19-17-24)23-25-10-8-13-28(21-25)31(3,4)30(33)34/h8,10,13-15,21-22,24H,5-7,9,11-12,16-20,23H2,1-4H3,(H,33,34). The number of carboxylic acid groups (broad SMARTS) is 1. The van der Waals surface area contributed by atoms with E-state index in [1.165, 1.54) is 55.2 Å². The first-order valence-corrected chi connectivity index (χ1v) is 13.6. The Morgan fingerprint density at radius 1 is 1.06 bits per heavy atom. The number of aliphatic carboxylic acids is 1. The highest BCUT2D eigenvalue weighted by molar-refractivity contribution is 5.80. The molecule has 1 aliphatic rings. The molecule has 1 heterocycles. The van der Waals surface area contributed by atoms with Crippen molar-refractivity contribution in [2.45, 2.75) is 91.0 Å². The quantitative estimate of drug-likeness (QED) is 0.314. The molecular formula is C31H45NO3. The molecule has 4 heteroatoms. The van der Waals surface area contributed by atoms with Gasteiger partial charge in [0.2, 0.25) is 0 Å². The van der Waals surface area contributed by atoms with Crippen molar-refractivity contribution in [1.82, 2.24) is 4.90 Å². The van der Waals surface area contributed by atoms with Gasteiger partial charge in [0, 0.05) is 6.54 Å². The molecule has 2 aromatic carbocycles. The lowest BCUT2D eigenvalue weighted by Gasteiger charge is -2.32. The fraction of sp³-hybridized carbons (Fsp3) is 0.581. The minimum absolute atomic E-state index is 0.773. The summed E-state index contributed by atoms with van der Waals surface area (Å²) in [6.07, 6.45) is 9.51. The minimum atomic E-state index is -0.861. The molecule has 0 bridgehead atoms. The average Bonchev–Trinajstić information content (AvgIpc) is 2.86. The molecule has 0 aliphatic carbocycles. The number of hydrogen-bond acceptors (Lipinski definition) is 3. The van der Waals surface area contributed by atoms with Gasteiger partial charge in [0.1, 0.15) is 5.75 Å². The van der Waals surface area contributed by atoms with Gasteiger partial charge in [-0.25, -0.2) is 0 Å². The van der Waals surface area contributed by atoms with E-state index in [0.29, 0.717) is 0 Å². The Hall–Kier alpha value is -2.33. The fourth-order valence-electron chi connectivity index (χ4n) is 5.07. The van der Waals surface area contributed by atoms with E-state index in [1.54, 1.807) is 13.8 Å². The average molecular weight is 480 g/mol. The van der Waals surface area contributed by atoms with Crippen LogP contribution in [0, 0.1) is 5.92 Å². The van der Waals surface area contributed by atoms with Crippen molar-refractivity contribution >= 4 is 5.97 Å². The lowest BCUT2D eigenvalue weighted by molar-refractivity contribution is -0.142. The molecule has 0 atom stereocenters. The molecule has 0 amide bonds. The van der Waals surface area contributed by atoms with Crippen molar-refractivity contribution in [3.8, 4) is 5.75 Å². The molecule has 0 unspecified atom stereocenters. The molecule has 0 spiro atoms. The van der Waals surface area contributed by atoms with Gasteiger partial charge in [0.15, 0.2) is 0 Å². The minimum Gasteiger partial charge on any atom is -0.494 e. The summed E-state index contributed by atoms with van der Waals surface area (Å²) in [7, 11) is 0. The first-order chi connectivity index (χ1) is 16.8. The summed E-state index contributed by atoms with van der Waals surface area (Å²) >= 11 is 0. The van der Waals surface area contributed by atoms with Crippen LogP contribution >= 0.6 is 0 Å². The summed E-state index contributed by atoms with van der Waals surface area (Å²) in [5.74, 6) is 1.01. The van der Waals surface area contributed by atoms with E-state index in [-0.39, 0.29) is 0 Å². The number of hydrogen-bond donors (Lipinski definition) is 1. The van der Waals surface area contributed by atoms with Gasteiger partial charge in [-0.3, -0.25) is 9.69 Å². The second-order valence-corrected chi connectivity index (χ2v) is 10.7. The van der Waals surface area contributed by atoms with Gasteiger partial charge in [0.25, 0.3) is 0 Å². The summed E-state index contributed by atoms with van der Waals surface area (Å²) in [6.45, 7) is 11.9. The van der Waals surface area contributed by atoms with Crippen LogP contribution in [0.2, 0.25) is 0 Å². The van der Waals surface area contributed by atoms with Crippen LogP contribution in [-0.4, -0.2) is 35.7 Å². The molecule has 1 fully saturated rings. The molecule has 192 valence electrons. The largest absolute Gasteiger partial charge is 0.494 e. The molecule has 1 aliphatic heterocycles. The van der Waals surface area contributed by atoms with Crippen molar-refractivity contribution in [1.29, 1.82) is 0 Å². The Morgan fingerprint density at radius 2 is 1.83 bits per heavy atom. The molecular weight excluding hydrogens is 434 g/mol. The topological polar surface area (TPSA) is 49.8 Å². The van der Waals surface area contributed by atoms with Crippen molar-refractivity contribution in [2.24, 2.45) is 5.92 Å². The summed E-state index contributed by atoms with van der Waals surface area (Å²) in [4.78, 5) is 14.1. The third kappa shape index (κ3) is 7.83. The third-order valence-corrected chi connectivity index (χ3v) is 7.68. The molecule has 35 heavy (non-hydrogen) atoms. The van der Waals surface area contributed by atoms with E-state index in [0.717, 1.165) is 56.3 Å². The smallest absolute Gasteiger partial charge is 0.313 e. The van der Waals surface area contributed by atoms with Crippen LogP contribution in [0.15, 0.2) is 42.5 Å². The van der Waals surface area contributed by atoms with Crippen LogP contribution in [0.25, 0.3) is 0 Å². The zero-order valence-electron chi connectivity index (χ0n) is 22.3. The third-order valence-electron chi connectivity index (χ3n) is 7.68. The van der Waals surface area contributed by atoms with Crippen LogP contribution in [0.3, 0.4) is 0 Å². The van der Waals surface area contributed by atoms with Gasteiger partial charge in [-0.05, 0) is 112 Å². The van der Waals surface area contributed by atoms with E-state index in [9.17, 15) is 9.90 Å². The second kappa shape index (κ2) is 13.1. The predicted octanol–water partition coefficient (Wildman–Crippen LogP) is 7.03. The first kappa shape index (κ1) is 27.3. The molecule has 1 N–H and O–H groups in total. The molecule has 0 radical (unpaired) electrons. The molecule has 4 nitrogen and oxygen atoms in total. The maximum atomic E-state index is 11.6. The summed E-state index contributed by atoms with van der Waals surface area (Å²) in [5.41, 5.74) is 4.13. The highest BCUT2D eigenvalue weighted by Crippen LogP contribution is 2.27. The van der Waals surface area contributed by atoms with E-state index < -0.39 is 11.4 Å². The van der Waals surface area contributed by atoms with E-state index >= 15 is 0 Å². The molecule has 3 rings (SSSR count). The van der Waals surface area contributed by atoms with E-state index in [4.69, 9.17) is 4.74 Å². The monoisotopic (exact) mass is 479 g/mol. The Bertz CT molecular complexity index is 944. The highest BCUT2D eigenvalue weighted by Gasteiger charge is 2.29. The van der Waals surface area contributed by atoms with Crippen LogP contribution in [0.5, 0.6) is 5.75 Å². The Kier molecular flexibility index (Phi) is 10.2. The molecule has 2 aromatic rings. The van der Waals surface area contributed by atoms with Crippen LogP contribution in [-0.2, 0) is 29.6 Å². The van der Waals surface area contributed by atoms with Gasteiger partial charge in [-0.2, -0.15) is 0 Å². The Labute approximate surface area is 212 Å². The number of piperidine rings is 1. The van der Waals surface area contributed by atoms with E-state index in [2.05, 4.69) is 49.1 Å². The number of carbonyl (C=O) groups is 1. The Balaban J connectivity index is 1.39. The number of likely N-dealkylation sites (tertiary alicyclic amines) is 1. The van der Waals surface area contributed by atoms with Crippen LogP contribution in [0.4, 0.5) is 0 Å². The van der Waals surface area contributed by atoms with Crippen molar-refractivity contribution in [3.63, 3.8) is 0 Å². The molecule has 0 saturated carbocycles. The lowest BCUT2D eigenvalue weighted by atomic mass is 9.84. The van der Waals surface area contributed by atoms with Gasteiger partial charge in [0.05, 0.1) is 12.0 Å². The van der Waals surface area contributed by atoms with Gasteiger partial charge >= 0.3 is 5.97 Å². The van der Waals surface area contributed by atoms with Gasteiger partial charge in [-0.15, -0.1) is 0 Å². The lowest BCUT2D eigenvalue weighted by Crippen LogP contribution is -2.33.